The van der Waals surface area contributed by atoms with Gasteiger partial charge in [0.2, 0.25) is 0 Å². The molecule has 0 amide bonds. The zero-order valence-electron chi connectivity index (χ0n) is 9.68. The van der Waals surface area contributed by atoms with Crippen molar-refractivity contribution >= 4 is 11.6 Å². The third-order valence-corrected chi connectivity index (χ3v) is 2.93. The van der Waals surface area contributed by atoms with Crippen molar-refractivity contribution in [1.82, 2.24) is 9.55 Å². The number of nitrogens with zero attached hydrogens (tertiary/aromatic N) is 2. The normalized spacial score (nSPS) is 12.6. The maximum atomic E-state index is 9.99. The van der Waals surface area contributed by atoms with Crippen LogP contribution in [0, 0.1) is 0 Å². The number of halogens is 1. The van der Waals surface area contributed by atoms with E-state index < -0.39 is 6.10 Å². The molecule has 2 aromatic rings. The van der Waals surface area contributed by atoms with Gasteiger partial charge in [-0.3, -0.25) is 0 Å². The van der Waals surface area contributed by atoms with Crippen molar-refractivity contribution in [2.24, 2.45) is 7.05 Å². The monoisotopic (exact) mass is 250 g/mol. The highest BCUT2D eigenvalue weighted by Gasteiger charge is 2.10. The number of hydrogen-bond donors (Lipinski definition) is 1. The van der Waals surface area contributed by atoms with Gasteiger partial charge in [-0.25, -0.2) is 4.98 Å². The number of aliphatic hydroxyl groups excluding tert-OH is 1. The van der Waals surface area contributed by atoms with Crippen molar-refractivity contribution in [3.05, 3.63) is 53.1 Å². The summed E-state index contributed by atoms with van der Waals surface area (Å²) in [5.74, 6) is 0.888. The molecule has 0 saturated heterocycles. The Hall–Kier alpha value is -1.32. The smallest absolute Gasteiger partial charge is 0.110 e. The molecule has 0 aliphatic carbocycles. The van der Waals surface area contributed by atoms with Crippen LogP contribution in [0.3, 0.4) is 0 Å². The van der Waals surface area contributed by atoms with E-state index in [1.54, 1.807) is 6.20 Å². The number of benzene rings is 1. The lowest BCUT2D eigenvalue weighted by Crippen LogP contribution is -2.16. The van der Waals surface area contributed by atoms with Gasteiger partial charge in [0, 0.05) is 30.9 Å². The molecule has 3 nitrogen and oxygen atoms in total. The topological polar surface area (TPSA) is 38.0 Å². The van der Waals surface area contributed by atoms with Crippen molar-refractivity contribution in [3.8, 4) is 0 Å². The minimum Gasteiger partial charge on any atom is -0.392 e. The molecular formula is C13H15ClN2O. The van der Waals surface area contributed by atoms with Crippen LogP contribution in [0.15, 0.2) is 36.7 Å². The third-order valence-electron chi connectivity index (χ3n) is 2.70. The van der Waals surface area contributed by atoms with Crippen LogP contribution in [0.2, 0.25) is 5.02 Å². The number of rotatable bonds is 4. The summed E-state index contributed by atoms with van der Waals surface area (Å²) in [5, 5.41) is 10.7. The van der Waals surface area contributed by atoms with E-state index in [4.69, 9.17) is 11.6 Å². The fraction of sp³-hybridized carbons (Fsp3) is 0.308. The predicted octanol–water partition coefficient (Wildman–Crippen LogP) is 2.22. The van der Waals surface area contributed by atoms with E-state index in [9.17, 15) is 5.11 Å². The van der Waals surface area contributed by atoms with Gasteiger partial charge in [-0.2, -0.15) is 0 Å². The molecule has 0 aliphatic heterocycles. The highest BCUT2D eigenvalue weighted by molar-refractivity contribution is 6.30. The fourth-order valence-electron chi connectivity index (χ4n) is 1.81. The van der Waals surface area contributed by atoms with Crippen LogP contribution in [-0.4, -0.2) is 20.8 Å². The molecule has 1 aromatic carbocycles. The van der Waals surface area contributed by atoms with Gasteiger partial charge in [0.1, 0.15) is 5.82 Å². The summed E-state index contributed by atoms with van der Waals surface area (Å²) in [6, 6.07) is 7.57. The van der Waals surface area contributed by atoms with E-state index in [0.29, 0.717) is 17.9 Å². The Morgan fingerprint density at radius 1 is 1.41 bits per heavy atom. The maximum absolute atomic E-state index is 9.99. The minimum absolute atomic E-state index is 0.436. The molecule has 0 radical (unpaired) electrons. The Balaban J connectivity index is 1.98. The molecule has 17 heavy (non-hydrogen) atoms. The molecule has 4 heteroatoms. The number of aryl methyl sites for hydroxylation is 1. The minimum atomic E-state index is -0.436. The van der Waals surface area contributed by atoms with E-state index in [1.807, 2.05) is 42.1 Å². The highest BCUT2D eigenvalue weighted by Crippen LogP contribution is 2.13. The second-order valence-electron chi connectivity index (χ2n) is 4.15. The van der Waals surface area contributed by atoms with Crippen LogP contribution in [0.1, 0.15) is 11.4 Å². The third kappa shape index (κ3) is 3.32. The Labute approximate surface area is 106 Å². The molecule has 0 fully saturated rings. The summed E-state index contributed by atoms with van der Waals surface area (Å²) in [7, 11) is 1.93. The molecule has 1 unspecified atom stereocenters. The van der Waals surface area contributed by atoms with Gasteiger partial charge in [0.05, 0.1) is 6.10 Å². The first kappa shape index (κ1) is 12.1. The second kappa shape index (κ2) is 5.34. The maximum Gasteiger partial charge on any atom is 0.110 e. The highest BCUT2D eigenvalue weighted by atomic mass is 35.5. The first-order valence-corrected chi connectivity index (χ1v) is 5.91. The summed E-state index contributed by atoms with van der Waals surface area (Å²) < 4.78 is 1.92. The second-order valence-corrected chi connectivity index (χ2v) is 4.58. The Kier molecular flexibility index (Phi) is 3.82. The average molecular weight is 251 g/mol. The van der Waals surface area contributed by atoms with Crippen LogP contribution in [-0.2, 0) is 19.9 Å². The van der Waals surface area contributed by atoms with Crippen molar-refractivity contribution in [2.75, 3.05) is 0 Å². The van der Waals surface area contributed by atoms with Crippen LogP contribution >= 0.6 is 11.6 Å². The van der Waals surface area contributed by atoms with Crippen LogP contribution < -0.4 is 0 Å². The Bertz CT molecular complexity index is 496. The van der Waals surface area contributed by atoms with Gasteiger partial charge in [-0.05, 0) is 24.1 Å². The lowest BCUT2D eigenvalue weighted by atomic mass is 10.1. The Morgan fingerprint density at radius 3 is 2.88 bits per heavy atom. The molecule has 0 bridgehead atoms. The molecule has 1 heterocycles. The quantitative estimate of drug-likeness (QED) is 0.904. The molecule has 1 aromatic heterocycles. The first-order chi connectivity index (χ1) is 8.15. The largest absolute Gasteiger partial charge is 0.392 e. The van der Waals surface area contributed by atoms with E-state index in [1.165, 1.54) is 0 Å². The number of aromatic nitrogens is 2. The van der Waals surface area contributed by atoms with Gasteiger partial charge in [0.15, 0.2) is 0 Å². The molecule has 0 spiro atoms. The zero-order chi connectivity index (χ0) is 12.3. The van der Waals surface area contributed by atoms with Gasteiger partial charge in [0.25, 0.3) is 0 Å². The van der Waals surface area contributed by atoms with Gasteiger partial charge >= 0.3 is 0 Å². The SMILES string of the molecule is Cn1ccnc1CC(O)Cc1cccc(Cl)c1. The van der Waals surface area contributed by atoms with E-state index in [-0.39, 0.29) is 0 Å². The van der Waals surface area contributed by atoms with Crippen LogP contribution in [0.4, 0.5) is 0 Å². The van der Waals surface area contributed by atoms with Crippen molar-refractivity contribution in [1.29, 1.82) is 0 Å². The molecule has 1 N–H and O–H groups in total. The van der Waals surface area contributed by atoms with Gasteiger partial charge in [-0.15, -0.1) is 0 Å². The molecule has 90 valence electrons. The van der Waals surface area contributed by atoms with E-state index in [0.717, 1.165) is 11.4 Å². The van der Waals surface area contributed by atoms with Crippen molar-refractivity contribution < 1.29 is 5.11 Å². The standard InChI is InChI=1S/C13H15ClN2O/c1-16-6-5-15-13(16)9-12(17)8-10-3-2-4-11(14)7-10/h2-7,12,17H,8-9H2,1H3. The lowest BCUT2D eigenvalue weighted by molar-refractivity contribution is 0.172. The van der Waals surface area contributed by atoms with Crippen LogP contribution in [0.25, 0.3) is 0 Å². The average Bonchev–Trinajstić information content (AvgIpc) is 2.64. The van der Waals surface area contributed by atoms with Crippen molar-refractivity contribution in [3.63, 3.8) is 0 Å². The lowest BCUT2D eigenvalue weighted by Gasteiger charge is -2.10. The first-order valence-electron chi connectivity index (χ1n) is 5.54. The molecule has 1 atom stereocenters. The Morgan fingerprint density at radius 2 is 2.24 bits per heavy atom. The fourth-order valence-corrected chi connectivity index (χ4v) is 2.02. The summed E-state index contributed by atoms with van der Waals surface area (Å²) in [5.41, 5.74) is 1.04. The van der Waals surface area contributed by atoms with Gasteiger partial charge in [-0.1, -0.05) is 23.7 Å². The molecule has 0 aliphatic rings. The van der Waals surface area contributed by atoms with E-state index in [2.05, 4.69) is 4.98 Å². The van der Waals surface area contributed by atoms with Crippen molar-refractivity contribution in [2.45, 2.75) is 18.9 Å². The summed E-state index contributed by atoms with van der Waals surface area (Å²) in [4.78, 5) is 4.19. The zero-order valence-corrected chi connectivity index (χ0v) is 10.4. The molecular weight excluding hydrogens is 236 g/mol. The molecule has 0 saturated carbocycles. The van der Waals surface area contributed by atoms with Crippen LogP contribution in [0.5, 0.6) is 0 Å². The summed E-state index contributed by atoms with van der Waals surface area (Å²) in [6.45, 7) is 0. The number of hydrogen-bond acceptors (Lipinski definition) is 2. The number of aliphatic hydroxyl groups is 1. The predicted molar refractivity (Wildman–Crippen MR) is 68.1 cm³/mol. The number of imidazole rings is 1. The van der Waals surface area contributed by atoms with E-state index >= 15 is 0 Å². The summed E-state index contributed by atoms with van der Waals surface area (Å²) >= 11 is 5.90. The van der Waals surface area contributed by atoms with Gasteiger partial charge < -0.3 is 9.67 Å². The molecule has 2 rings (SSSR count). The summed E-state index contributed by atoms with van der Waals surface area (Å²) in [6.07, 6.45) is 4.32.